The van der Waals surface area contributed by atoms with E-state index in [1.54, 1.807) is 18.2 Å². The number of aromatic nitrogens is 2. The quantitative estimate of drug-likeness (QED) is 0.623. The predicted molar refractivity (Wildman–Crippen MR) is 109 cm³/mol. The highest BCUT2D eigenvalue weighted by Gasteiger charge is 2.18. The maximum atomic E-state index is 12.3. The van der Waals surface area contributed by atoms with Gasteiger partial charge in [0.15, 0.2) is 0 Å². The van der Waals surface area contributed by atoms with Crippen LogP contribution in [0.5, 0.6) is 0 Å². The Morgan fingerprint density at radius 3 is 2.67 bits per heavy atom. The molecule has 138 valence electrons. The third-order valence-corrected chi connectivity index (χ3v) is 7.43. The Kier molecular flexibility index (Phi) is 5.22. The van der Waals surface area contributed by atoms with Crippen molar-refractivity contribution in [3.8, 4) is 0 Å². The van der Waals surface area contributed by atoms with Crippen LogP contribution in [0.2, 0.25) is 0 Å². The summed E-state index contributed by atoms with van der Waals surface area (Å²) in [7, 11) is 0. The van der Waals surface area contributed by atoms with Crippen molar-refractivity contribution in [2.75, 3.05) is 11.5 Å². The highest BCUT2D eigenvalue weighted by molar-refractivity contribution is 8.19. The molecule has 0 unspecified atom stereocenters. The number of nitrogens with zero attached hydrogens (tertiary/aromatic N) is 2. The van der Waals surface area contributed by atoms with Crippen molar-refractivity contribution in [2.24, 2.45) is 0 Å². The Labute approximate surface area is 165 Å². The van der Waals surface area contributed by atoms with Gasteiger partial charge in [0.1, 0.15) is 12.3 Å². The van der Waals surface area contributed by atoms with E-state index >= 15 is 0 Å². The molecule has 1 aromatic carbocycles. The molecule has 0 saturated carbocycles. The van der Waals surface area contributed by atoms with Crippen LogP contribution in [0.4, 0.5) is 0 Å². The topological polar surface area (TPSA) is 60.7 Å². The Bertz CT molecular complexity index is 1040. The first-order valence-electron chi connectivity index (χ1n) is 8.60. The Morgan fingerprint density at radius 2 is 1.93 bits per heavy atom. The summed E-state index contributed by atoms with van der Waals surface area (Å²) in [4.78, 5) is 29.0. The minimum Gasteiger partial charge on any atom is -0.456 e. The molecule has 1 aliphatic rings. The Balaban J connectivity index is 1.46. The van der Waals surface area contributed by atoms with E-state index in [4.69, 9.17) is 4.74 Å². The van der Waals surface area contributed by atoms with Gasteiger partial charge < -0.3 is 4.74 Å². The molecular weight excluding hydrogens is 380 g/mol. The number of pyridine rings is 1. The van der Waals surface area contributed by atoms with Crippen LogP contribution < -0.4 is 5.56 Å². The van der Waals surface area contributed by atoms with Gasteiger partial charge in [-0.05, 0) is 36.8 Å². The van der Waals surface area contributed by atoms with Crippen molar-refractivity contribution in [1.82, 2.24) is 9.38 Å². The van der Waals surface area contributed by atoms with Crippen molar-refractivity contribution in [1.29, 1.82) is 0 Å². The molecule has 0 radical (unpaired) electrons. The second-order valence-electron chi connectivity index (χ2n) is 6.22. The molecule has 3 heterocycles. The average Bonchev–Trinajstić information content (AvgIpc) is 3.21. The summed E-state index contributed by atoms with van der Waals surface area (Å²) in [5.74, 6) is 1.91. The molecule has 2 aromatic heterocycles. The van der Waals surface area contributed by atoms with Gasteiger partial charge >= 0.3 is 5.97 Å². The van der Waals surface area contributed by atoms with Gasteiger partial charge in [-0.25, -0.2) is 9.78 Å². The van der Waals surface area contributed by atoms with Gasteiger partial charge in [-0.2, -0.15) is 0 Å². The van der Waals surface area contributed by atoms with Gasteiger partial charge in [0.2, 0.25) is 0 Å². The summed E-state index contributed by atoms with van der Waals surface area (Å²) in [6.45, 7) is 1.82. The highest BCUT2D eigenvalue weighted by Crippen LogP contribution is 2.45. The Hall–Kier alpha value is -2.25. The first-order valence-corrected chi connectivity index (χ1v) is 10.7. The second kappa shape index (κ2) is 7.78. The molecule has 4 rings (SSSR count). The molecule has 0 atom stereocenters. The maximum absolute atomic E-state index is 12.3. The molecule has 0 amide bonds. The SMILES string of the molecule is Cc1cccc2nc(COC(=O)c3ccc(C4SCCS4)cc3)cc(=O)n12. The minimum absolute atomic E-state index is 0.0331. The van der Waals surface area contributed by atoms with Crippen LogP contribution >= 0.6 is 23.5 Å². The second-order valence-corrected chi connectivity index (χ2v) is 8.94. The fourth-order valence-corrected chi connectivity index (χ4v) is 5.85. The van der Waals surface area contributed by atoms with Crippen LogP contribution in [0.25, 0.3) is 5.65 Å². The van der Waals surface area contributed by atoms with Crippen LogP contribution in [0, 0.1) is 6.92 Å². The third-order valence-electron chi connectivity index (χ3n) is 4.32. The molecule has 0 aliphatic carbocycles. The number of thioether (sulfide) groups is 2. The molecular formula is C20H18N2O3S2. The first kappa shape index (κ1) is 18.1. The molecule has 0 spiro atoms. The lowest BCUT2D eigenvalue weighted by atomic mass is 10.1. The van der Waals surface area contributed by atoms with Gasteiger partial charge in [-0.3, -0.25) is 9.20 Å². The largest absolute Gasteiger partial charge is 0.456 e. The number of aryl methyl sites for hydroxylation is 1. The molecule has 3 aromatic rings. The summed E-state index contributed by atoms with van der Waals surface area (Å²) >= 11 is 3.85. The zero-order valence-electron chi connectivity index (χ0n) is 14.8. The first-order chi connectivity index (χ1) is 13.1. The summed E-state index contributed by atoms with van der Waals surface area (Å²) in [5.41, 5.74) is 3.34. The van der Waals surface area contributed by atoms with Crippen molar-refractivity contribution in [3.05, 3.63) is 81.4 Å². The summed E-state index contributed by atoms with van der Waals surface area (Å²) in [6, 6.07) is 14.4. The summed E-state index contributed by atoms with van der Waals surface area (Å²) < 4.78 is 7.34. The number of ether oxygens (including phenoxy) is 1. The van der Waals surface area contributed by atoms with Gasteiger partial charge in [0.05, 0.1) is 15.8 Å². The molecule has 0 N–H and O–H groups in total. The zero-order chi connectivity index (χ0) is 18.8. The lowest BCUT2D eigenvalue weighted by molar-refractivity contribution is 0.0467. The number of rotatable bonds is 4. The van der Waals surface area contributed by atoms with Crippen molar-refractivity contribution in [3.63, 3.8) is 0 Å². The molecule has 1 aliphatic heterocycles. The monoisotopic (exact) mass is 398 g/mol. The number of carbonyl (C=O) groups is 1. The van der Waals surface area contributed by atoms with E-state index in [0.717, 1.165) is 17.2 Å². The van der Waals surface area contributed by atoms with E-state index in [-0.39, 0.29) is 12.2 Å². The van der Waals surface area contributed by atoms with E-state index in [1.165, 1.54) is 16.0 Å². The van der Waals surface area contributed by atoms with E-state index in [2.05, 4.69) is 4.98 Å². The lowest BCUT2D eigenvalue weighted by Gasteiger charge is -2.10. The number of benzene rings is 1. The van der Waals surface area contributed by atoms with E-state index in [0.29, 0.717) is 21.5 Å². The highest BCUT2D eigenvalue weighted by atomic mass is 32.2. The van der Waals surface area contributed by atoms with Gasteiger partial charge in [-0.1, -0.05) is 18.2 Å². The van der Waals surface area contributed by atoms with E-state index in [1.807, 2.05) is 54.7 Å². The van der Waals surface area contributed by atoms with Gasteiger partial charge in [-0.15, -0.1) is 23.5 Å². The Morgan fingerprint density at radius 1 is 1.19 bits per heavy atom. The maximum Gasteiger partial charge on any atom is 0.338 e. The van der Waals surface area contributed by atoms with Crippen molar-refractivity contribution < 1.29 is 9.53 Å². The molecule has 1 saturated heterocycles. The average molecular weight is 399 g/mol. The van der Waals surface area contributed by atoms with Gasteiger partial charge in [0, 0.05) is 23.3 Å². The smallest absolute Gasteiger partial charge is 0.338 e. The van der Waals surface area contributed by atoms with Crippen LogP contribution in [0.1, 0.15) is 31.9 Å². The number of hydrogen-bond donors (Lipinski definition) is 0. The number of hydrogen-bond acceptors (Lipinski definition) is 6. The summed E-state index contributed by atoms with van der Waals surface area (Å²) in [5, 5.41) is 0. The fourth-order valence-electron chi connectivity index (χ4n) is 2.99. The summed E-state index contributed by atoms with van der Waals surface area (Å²) in [6.07, 6.45) is 0. The van der Waals surface area contributed by atoms with E-state index in [9.17, 15) is 9.59 Å². The lowest BCUT2D eigenvalue weighted by Crippen LogP contribution is -2.18. The number of esters is 1. The molecule has 5 nitrogen and oxygen atoms in total. The van der Waals surface area contributed by atoms with Crippen LogP contribution in [0.15, 0.2) is 53.3 Å². The molecule has 0 bridgehead atoms. The standard InChI is InChI=1S/C20H18N2O3S2/c1-13-3-2-4-17-21-16(11-18(23)22(13)17)12-25-19(24)14-5-7-15(8-6-14)20-26-9-10-27-20/h2-8,11,20H,9-10,12H2,1H3. The molecule has 27 heavy (non-hydrogen) atoms. The predicted octanol–water partition coefficient (Wildman–Crippen LogP) is 3.84. The molecule has 7 heteroatoms. The van der Waals surface area contributed by atoms with Gasteiger partial charge in [0.25, 0.3) is 5.56 Å². The van der Waals surface area contributed by atoms with E-state index < -0.39 is 5.97 Å². The minimum atomic E-state index is -0.417. The fraction of sp³-hybridized carbons (Fsp3) is 0.250. The zero-order valence-corrected chi connectivity index (χ0v) is 16.4. The van der Waals surface area contributed by atoms with Crippen LogP contribution in [-0.2, 0) is 11.3 Å². The van der Waals surface area contributed by atoms with Crippen LogP contribution in [-0.4, -0.2) is 26.9 Å². The number of fused-ring (bicyclic) bond motifs is 1. The van der Waals surface area contributed by atoms with Crippen molar-refractivity contribution in [2.45, 2.75) is 18.1 Å². The van der Waals surface area contributed by atoms with Crippen molar-refractivity contribution >= 4 is 35.1 Å². The number of carbonyl (C=O) groups excluding carboxylic acids is 1. The third kappa shape index (κ3) is 3.89. The molecule has 1 fully saturated rings. The normalized spacial score (nSPS) is 14.6. The van der Waals surface area contributed by atoms with Crippen LogP contribution in [0.3, 0.4) is 0 Å².